The van der Waals surface area contributed by atoms with Crippen molar-refractivity contribution >= 4 is 10.1 Å². The Morgan fingerprint density at radius 3 is 1.44 bits per heavy atom. The summed E-state index contributed by atoms with van der Waals surface area (Å²) in [6.45, 7) is 7.26. The molecule has 6 nitrogen and oxygen atoms in total. The van der Waals surface area contributed by atoms with Crippen molar-refractivity contribution in [3.8, 4) is 0 Å². The summed E-state index contributed by atoms with van der Waals surface area (Å²) in [5.41, 5.74) is 0.723. The second kappa shape index (κ2) is 27.2. The van der Waals surface area contributed by atoms with Gasteiger partial charge < -0.3 is 10.2 Å². The largest absolute Gasteiger partial charge is 0.395 e. The zero-order valence-corrected chi connectivity index (χ0v) is 26.1. The van der Waals surface area contributed by atoms with Crippen molar-refractivity contribution in [3.63, 3.8) is 0 Å². The van der Waals surface area contributed by atoms with Gasteiger partial charge in [-0.3, -0.25) is 9.45 Å². The van der Waals surface area contributed by atoms with Crippen molar-refractivity contribution < 1.29 is 23.2 Å². The summed E-state index contributed by atoms with van der Waals surface area (Å²) in [5.74, 6) is 0. The summed E-state index contributed by atoms with van der Waals surface area (Å²) >= 11 is 0. The van der Waals surface area contributed by atoms with Crippen LogP contribution in [0.4, 0.5) is 0 Å². The third-order valence-electron chi connectivity index (χ3n) is 7.21. The molecule has 1 aromatic rings. The van der Waals surface area contributed by atoms with Crippen LogP contribution in [-0.2, 0) is 16.5 Å². The minimum atomic E-state index is -4.09. The molecule has 0 amide bonds. The zero-order chi connectivity index (χ0) is 29.0. The molecule has 39 heavy (non-hydrogen) atoms. The highest BCUT2D eigenvalue weighted by Gasteiger charge is 2.13. The van der Waals surface area contributed by atoms with Gasteiger partial charge in [0.1, 0.15) is 0 Å². The lowest BCUT2D eigenvalue weighted by Crippen LogP contribution is -2.30. The fourth-order valence-electron chi connectivity index (χ4n) is 4.85. The molecule has 3 N–H and O–H groups in total. The molecule has 0 radical (unpaired) electrons. The monoisotopic (exact) mass is 571 g/mol. The maximum atomic E-state index is 11.2. The molecule has 0 fully saturated rings. The second-order valence-electron chi connectivity index (χ2n) is 10.8. The summed E-state index contributed by atoms with van der Waals surface area (Å²) in [7, 11) is -4.09. The number of nitrogens with zero attached hydrogens (tertiary/aromatic N) is 1. The number of aliphatic hydroxyl groups is 2. The van der Waals surface area contributed by atoms with Crippen molar-refractivity contribution in [2.75, 3.05) is 32.8 Å². The topological polar surface area (TPSA) is 98.1 Å². The van der Waals surface area contributed by atoms with E-state index < -0.39 is 10.1 Å². The molecule has 0 aliphatic rings. The summed E-state index contributed by atoms with van der Waals surface area (Å²) in [4.78, 5) is 2.20. The number of hydrogen-bond acceptors (Lipinski definition) is 5. The molecule has 230 valence electrons. The summed E-state index contributed by atoms with van der Waals surface area (Å²) < 4.78 is 31.7. The van der Waals surface area contributed by atoms with Crippen LogP contribution < -0.4 is 0 Å². The van der Waals surface area contributed by atoms with E-state index >= 15 is 0 Å². The lowest BCUT2D eigenvalue weighted by Gasteiger charge is -2.19. The third kappa shape index (κ3) is 23.4. The summed E-state index contributed by atoms with van der Waals surface area (Å²) in [5, 5.41) is 17.8. The Labute approximate surface area is 241 Å². The van der Waals surface area contributed by atoms with E-state index in [0.29, 0.717) is 19.5 Å². The van der Waals surface area contributed by atoms with Crippen LogP contribution in [0.15, 0.2) is 29.2 Å². The Balaban J connectivity index is 0.000000742. The van der Waals surface area contributed by atoms with Crippen LogP contribution in [0.25, 0.3) is 0 Å². The maximum absolute atomic E-state index is 11.2. The van der Waals surface area contributed by atoms with Gasteiger partial charge in [0.2, 0.25) is 0 Å². The van der Waals surface area contributed by atoms with Crippen molar-refractivity contribution in [1.29, 1.82) is 0 Å². The van der Waals surface area contributed by atoms with E-state index in [-0.39, 0.29) is 18.1 Å². The van der Waals surface area contributed by atoms with Crippen LogP contribution in [0, 0.1) is 0 Å². The molecule has 0 atom stereocenters. The van der Waals surface area contributed by atoms with Gasteiger partial charge in [0, 0.05) is 13.1 Å². The van der Waals surface area contributed by atoms with Crippen LogP contribution in [0.2, 0.25) is 0 Å². The molecule has 0 aliphatic carbocycles. The highest BCUT2D eigenvalue weighted by atomic mass is 32.2. The smallest absolute Gasteiger partial charge is 0.294 e. The zero-order valence-electron chi connectivity index (χ0n) is 25.3. The van der Waals surface area contributed by atoms with Crippen LogP contribution in [0.5, 0.6) is 0 Å². The van der Waals surface area contributed by atoms with Gasteiger partial charge in [0.05, 0.1) is 18.1 Å². The average Bonchev–Trinajstić information content (AvgIpc) is 2.91. The molecule has 0 aromatic heterocycles. The van der Waals surface area contributed by atoms with Gasteiger partial charge in [0.15, 0.2) is 0 Å². The fourth-order valence-corrected chi connectivity index (χ4v) is 5.60. The van der Waals surface area contributed by atoms with Gasteiger partial charge >= 0.3 is 0 Å². The van der Waals surface area contributed by atoms with Gasteiger partial charge in [-0.15, -0.1) is 0 Å². The molecular formula is C32H61NO5S. The standard InChI is InChI=1S/C16H35NO2.C16H26O3S/c1-2-3-4-5-6-7-8-9-10-11-12-17(13-15-18)14-16-19;1-2-3-4-5-6-7-8-9-12-15-13-10-11-14-16(15)20(17,18)19/h18-19H,2-16H2,1H3;10-11,13-14H,2-9,12H2,1H3,(H,17,18,19). The minimum absolute atomic E-state index is 0.0583. The highest BCUT2D eigenvalue weighted by molar-refractivity contribution is 7.85. The van der Waals surface area contributed by atoms with E-state index in [0.717, 1.165) is 24.9 Å². The van der Waals surface area contributed by atoms with Crippen molar-refractivity contribution in [3.05, 3.63) is 29.8 Å². The quantitative estimate of drug-likeness (QED) is 0.0818. The summed E-state index contributed by atoms with van der Waals surface area (Å²) in [6, 6.07) is 6.70. The van der Waals surface area contributed by atoms with Gasteiger partial charge in [-0.05, 0) is 37.4 Å². The Bertz CT molecular complexity index is 751. The van der Waals surface area contributed by atoms with E-state index in [2.05, 4.69) is 18.7 Å². The first-order valence-corrected chi connectivity index (χ1v) is 17.3. The SMILES string of the molecule is CCCCCCCCCCCCN(CCO)CCO.CCCCCCCCCCc1ccccc1S(=O)(=O)O. The lowest BCUT2D eigenvalue weighted by atomic mass is 10.0. The molecule has 0 bridgehead atoms. The minimum Gasteiger partial charge on any atom is -0.395 e. The number of unbranched alkanes of at least 4 members (excludes halogenated alkanes) is 16. The number of aryl methyl sites for hydroxylation is 1. The predicted octanol–water partition coefficient (Wildman–Crippen LogP) is 7.81. The first-order chi connectivity index (χ1) is 18.9. The molecule has 7 heteroatoms. The second-order valence-corrected chi connectivity index (χ2v) is 12.2. The van der Waals surface area contributed by atoms with E-state index in [1.807, 2.05) is 6.07 Å². The van der Waals surface area contributed by atoms with E-state index in [4.69, 9.17) is 14.8 Å². The van der Waals surface area contributed by atoms with Gasteiger partial charge in [-0.2, -0.15) is 8.42 Å². The van der Waals surface area contributed by atoms with E-state index in [9.17, 15) is 8.42 Å². The van der Waals surface area contributed by atoms with Crippen LogP contribution in [0.1, 0.15) is 135 Å². The molecule has 1 aromatic carbocycles. The normalized spacial score (nSPS) is 11.5. The Kier molecular flexibility index (Phi) is 26.5. The Morgan fingerprint density at radius 2 is 1.00 bits per heavy atom. The van der Waals surface area contributed by atoms with E-state index in [1.165, 1.54) is 109 Å². The number of hydrogen-bond donors (Lipinski definition) is 3. The first kappa shape index (κ1) is 38.0. The van der Waals surface area contributed by atoms with Crippen molar-refractivity contribution in [1.82, 2.24) is 4.90 Å². The average molecular weight is 572 g/mol. The fraction of sp³-hybridized carbons (Fsp3) is 0.812. The molecular weight excluding hydrogens is 510 g/mol. The number of rotatable bonds is 25. The molecule has 0 saturated heterocycles. The van der Waals surface area contributed by atoms with Crippen LogP contribution in [-0.4, -0.2) is 60.9 Å². The Morgan fingerprint density at radius 1 is 0.590 bits per heavy atom. The van der Waals surface area contributed by atoms with Crippen LogP contribution >= 0.6 is 0 Å². The van der Waals surface area contributed by atoms with Crippen LogP contribution in [0.3, 0.4) is 0 Å². The number of aliphatic hydroxyl groups excluding tert-OH is 2. The molecule has 0 heterocycles. The van der Waals surface area contributed by atoms with E-state index in [1.54, 1.807) is 12.1 Å². The van der Waals surface area contributed by atoms with Crippen molar-refractivity contribution in [2.45, 2.75) is 141 Å². The van der Waals surface area contributed by atoms with Gasteiger partial charge in [-0.1, -0.05) is 135 Å². The molecule has 0 saturated carbocycles. The third-order valence-corrected chi connectivity index (χ3v) is 8.16. The van der Waals surface area contributed by atoms with Gasteiger partial charge in [0.25, 0.3) is 10.1 Å². The van der Waals surface area contributed by atoms with Gasteiger partial charge in [-0.25, -0.2) is 0 Å². The predicted molar refractivity (Wildman–Crippen MR) is 165 cm³/mol. The maximum Gasteiger partial charge on any atom is 0.294 e. The van der Waals surface area contributed by atoms with Crippen molar-refractivity contribution in [2.24, 2.45) is 0 Å². The molecule has 0 unspecified atom stereocenters. The first-order valence-electron chi connectivity index (χ1n) is 15.9. The number of benzene rings is 1. The Hall–Kier alpha value is -0.990. The summed E-state index contributed by atoms with van der Waals surface area (Å²) in [6.07, 6.45) is 24.0. The molecule has 1 rings (SSSR count). The molecule has 0 spiro atoms. The molecule has 0 aliphatic heterocycles. The lowest BCUT2D eigenvalue weighted by molar-refractivity contribution is 0.159. The highest BCUT2D eigenvalue weighted by Crippen LogP contribution is 2.18.